The van der Waals surface area contributed by atoms with Crippen molar-refractivity contribution in [1.82, 2.24) is 9.88 Å². The summed E-state index contributed by atoms with van der Waals surface area (Å²) >= 11 is 3.07. The van der Waals surface area contributed by atoms with Crippen molar-refractivity contribution in [2.45, 2.75) is 6.18 Å². The van der Waals surface area contributed by atoms with Crippen LogP contribution in [-0.2, 0) is 0 Å². The molecule has 0 unspecified atom stereocenters. The Labute approximate surface area is 127 Å². The minimum Gasteiger partial charge on any atom is -0.329 e. The molecule has 2 aromatic rings. The number of benzene rings is 1. The molecule has 1 heterocycles. The Morgan fingerprint density at radius 1 is 1.24 bits per heavy atom. The summed E-state index contributed by atoms with van der Waals surface area (Å²) in [7, 11) is 0. The van der Waals surface area contributed by atoms with Gasteiger partial charge in [0.2, 0.25) is 0 Å². The zero-order valence-corrected chi connectivity index (χ0v) is 12.5. The first kappa shape index (κ1) is 15.8. The van der Waals surface area contributed by atoms with E-state index in [1.807, 2.05) is 0 Å². The van der Waals surface area contributed by atoms with E-state index in [9.17, 15) is 18.0 Å². The second-order valence-electron chi connectivity index (χ2n) is 4.41. The number of carbonyl (C=O) groups excluding carboxylic acids is 1. The summed E-state index contributed by atoms with van der Waals surface area (Å²) in [5.74, 6) is -0.648. The van der Waals surface area contributed by atoms with E-state index in [1.54, 1.807) is 30.5 Å². The highest BCUT2D eigenvalue weighted by molar-refractivity contribution is 9.09. The highest BCUT2D eigenvalue weighted by atomic mass is 79.9. The molecule has 0 aliphatic rings. The summed E-state index contributed by atoms with van der Waals surface area (Å²) in [5, 5.41) is 0.824. The molecule has 0 N–H and O–H groups in total. The molecule has 2 rings (SSSR count). The lowest BCUT2D eigenvalue weighted by atomic mass is 10.1. The van der Waals surface area contributed by atoms with Crippen molar-refractivity contribution < 1.29 is 18.0 Å². The number of pyridine rings is 1. The molecule has 1 amide bonds. The normalized spacial score (nSPS) is 11.6. The second-order valence-corrected chi connectivity index (χ2v) is 5.20. The standard InChI is InChI=1S/C14H12BrF3N2O/c15-6-8-20(9-14(16,17)18)13(21)11-3-1-5-12-10(11)4-2-7-19-12/h1-5,7H,6,8-9H2. The minimum atomic E-state index is -4.43. The Morgan fingerprint density at radius 2 is 2.00 bits per heavy atom. The smallest absolute Gasteiger partial charge is 0.329 e. The molecule has 3 nitrogen and oxygen atoms in total. The number of aromatic nitrogens is 1. The molecule has 112 valence electrons. The number of amides is 1. The van der Waals surface area contributed by atoms with Crippen LogP contribution in [0.5, 0.6) is 0 Å². The Balaban J connectivity index is 2.39. The number of nitrogens with zero attached hydrogens (tertiary/aromatic N) is 2. The summed E-state index contributed by atoms with van der Waals surface area (Å²) in [5.41, 5.74) is 0.806. The van der Waals surface area contributed by atoms with Gasteiger partial charge in [-0.15, -0.1) is 0 Å². The van der Waals surface area contributed by atoms with Crippen molar-refractivity contribution in [2.75, 3.05) is 18.4 Å². The molecule has 0 aliphatic heterocycles. The third-order valence-corrected chi connectivity index (χ3v) is 3.24. The molecule has 0 spiro atoms. The molecule has 21 heavy (non-hydrogen) atoms. The van der Waals surface area contributed by atoms with Gasteiger partial charge in [-0.05, 0) is 18.2 Å². The van der Waals surface area contributed by atoms with Gasteiger partial charge in [-0.2, -0.15) is 13.2 Å². The highest BCUT2D eigenvalue weighted by Gasteiger charge is 2.33. The van der Waals surface area contributed by atoms with Crippen molar-refractivity contribution in [1.29, 1.82) is 0 Å². The summed E-state index contributed by atoms with van der Waals surface area (Å²) in [6.45, 7) is -1.29. The minimum absolute atomic E-state index is 0.0189. The molecule has 0 saturated heterocycles. The van der Waals surface area contributed by atoms with E-state index in [-0.39, 0.29) is 17.4 Å². The van der Waals surface area contributed by atoms with Crippen LogP contribution in [0.1, 0.15) is 10.4 Å². The lowest BCUT2D eigenvalue weighted by Crippen LogP contribution is -2.40. The molecular formula is C14H12BrF3N2O. The molecular weight excluding hydrogens is 349 g/mol. The van der Waals surface area contributed by atoms with E-state index < -0.39 is 18.6 Å². The van der Waals surface area contributed by atoms with Crippen LogP contribution in [0.3, 0.4) is 0 Å². The third-order valence-electron chi connectivity index (χ3n) is 2.89. The number of carbonyl (C=O) groups is 1. The SMILES string of the molecule is O=C(c1cccc2ncccc12)N(CCBr)CC(F)(F)F. The molecule has 7 heteroatoms. The van der Waals surface area contributed by atoms with Crippen LogP contribution >= 0.6 is 15.9 Å². The number of fused-ring (bicyclic) bond motifs is 1. The maximum atomic E-state index is 12.6. The van der Waals surface area contributed by atoms with Crippen LogP contribution in [-0.4, -0.2) is 40.4 Å². The summed E-state index contributed by atoms with van der Waals surface area (Å²) in [6.07, 6.45) is -2.86. The second kappa shape index (κ2) is 6.43. The van der Waals surface area contributed by atoms with Gasteiger partial charge in [-0.25, -0.2) is 0 Å². The van der Waals surface area contributed by atoms with E-state index >= 15 is 0 Å². The molecule has 0 fully saturated rings. The first-order chi connectivity index (χ1) is 9.92. The maximum Gasteiger partial charge on any atom is 0.406 e. The zero-order chi connectivity index (χ0) is 15.5. The van der Waals surface area contributed by atoms with Gasteiger partial charge in [-0.3, -0.25) is 9.78 Å². The fraction of sp³-hybridized carbons (Fsp3) is 0.286. The topological polar surface area (TPSA) is 33.2 Å². The van der Waals surface area contributed by atoms with Crippen LogP contribution in [0, 0.1) is 0 Å². The van der Waals surface area contributed by atoms with Gasteiger partial charge in [0.15, 0.2) is 0 Å². The van der Waals surface area contributed by atoms with Gasteiger partial charge < -0.3 is 4.90 Å². The highest BCUT2D eigenvalue weighted by Crippen LogP contribution is 2.22. The molecule has 1 aromatic heterocycles. The van der Waals surface area contributed by atoms with Crippen molar-refractivity contribution in [3.8, 4) is 0 Å². The van der Waals surface area contributed by atoms with Gasteiger partial charge >= 0.3 is 6.18 Å². The Hall–Kier alpha value is -1.63. The largest absolute Gasteiger partial charge is 0.406 e. The fourth-order valence-corrected chi connectivity index (χ4v) is 2.46. The summed E-state index contributed by atoms with van der Waals surface area (Å²) in [4.78, 5) is 17.3. The van der Waals surface area contributed by atoms with Crippen LogP contribution < -0.4 is 0 Å². The quantitative estimate of drug-likeness (QED) is 0.780. The maximum absolute atomic E-state index is 12.6. The Kier molecular flexibility index (Phi) is 4.82. The van der Waals surface area contributed by atoms with E-state index in [1.165, 1.54) is 6.07 Å². The molecule has 0 saturated carbocycles. The number of alkyl halides is 4. The van der Waals surface area contributed by atoms with Gasteiger partial charge in [0.05, 0.1) is 5.52 Å². The van der Waals surface area contributed by atoms with Gasteiger partial charge in [0, 0.05) is 29.0 Å². The van der Waals surface area contributed by atoms with Crippen LogP contribution in [0.4, 0.5) is 13.2 Å². The Morgan fingerprint density at radius 3 is 2.67 bits per heavy atom. The summed E-state index contributed by atoms with van der Waals surface area (Å²) < 4.78 is 37.8. The van der Waals surface area contributed by atoms with Crippen molar-refractivity contribution in [3.63, 3.8) is 0 Å². The van der Waals surface area contributed by atoms with Crippen LogP contribution in [0.2, 0.25) is 0 Å². The van der Waals surface area contributed by atoms with E-state index in [0.717, 1.165) is 4.90 Å². The average Bonchev–Trinajstić information content (AvgIpc) is 2.44. The van der Waals surface area contributed by atoms with Crippen molar-refractivity contribution >= 4 is 32.7 Å². The predicted molar refractivity (Wildman–Crippen MR) is 77.5 cm³/mol. The Bertz CT molecular complexity index is 640. The monoisotopic (exact) mass is 360 g/mol. The first-order valence-electron chi connectivity index (χ1n) is 6.18. The average molecular weight is 361 g/mol. The number of hydrogen-bond donors (Lipinski definition) is 0. The van der Waals surface area contributed by atoms with E-state index in [2.05, 4.69) is 20.9 Å². The number of hydrogen-bond acceptors (Lipinski definition) is 2. The molecule has 1 aromatic carbocycles. The van der Waals surface area contributed by atoms with Crippen LogP contribution in [0.15, 0.2) is 36.5 Å². The van der Waals surface area contributed by atoms with Gasteiger partial charge in [0.25, 0.3) is 5.91 Å². The van der Waals surface area contributed by atoms with Crippen molar-refractivity contribution in [2.24, 2.45) is 0 Å². The zero-order valence-electron chi connectivity index (χ0n) is 10.9. The van der Waals surface area contributed by atoms with Crippen molar-refractivity contribution in [3.05, 3.63) is 42.1 Å². The fourth-order valence-electron chi connectivity index (χ4n) is 2.03. The first-order valence-corrected chi connectivity index (χ1v) is 7.30. The lowest BCUT2D eigenvalue weighted by molar-refractivity contribution is -0.140. The summed E-state index contributed by atoms with van der Waals surface area (Å²) in [6, 6.07) is 8.17. The third kappa shape index (κ3) is 3.93. The predicted octanol–water partition coefficient (Wildman–Crippen LogP) is 3.63. The van der Waals surface area contributed by atoms with E-state index in [0.29, 0.717) is 10.9 Å². The number of rotatable bonds is 4. The van der Waals surface area contributed by atoms with Gasteiger partial charge in [-0.1, -0.05) is 28.1 Å². The molecule has 0 radical (unpaired) electrons. The molecule has 0 atom stereocenters. The van der Waals surface area contributed by atoms with Crippen LogP contribution in [0.25, 0.3) is 10.9 Å². The molecule has 0 aliphatic carbocycles. The van der Waals surface area contributed by atoms with E-state index in [4.69, 9.17) is 0 Å². The number of halogens is 4. The lowest BCUT2D eigenvalue weighted by Gasteiger charge is -2.23. The van der Waals surface area contributed by atoms with Gasteiger partial charge in [0.1, 0.15) is 6.54 Å². The molecule has 0 bridgehead atoms.